The molecule has 0 amide bonds. The molecule has 0 aromatic heterocycles. The molecule has 0 fully saturated rings. The Labute approximate surface area is 104 Å². The molecule has 0 heterocycles. The summed E-state index contributed by atoms with van der Waals surface area (Å²) in [5.41, 5.74) is 9.00. The van der Waals surface area contributed by atoms with Gasteiger partial charge in [-0.05, 0) is 23.2 Å². The number of rotatable bonds is 4. The Morgan fingerprint density at radius 3 is 2.94 bits per heavy atom. The van der Waals surface area contributed by atoms with E-state index in [9.17, 15) is 9.90 Å². The Balaban J connectivity index is 2.80. The molecule has 0 aliphatic carbocycles. The number of hydrogen-bond donors (Lipinski definition) is 2. The van der Waals surface area contributed by atoms with Crippen LogP contribution in [-0.4, -0.2) is 22.7 Å². The quantitative estimate of drug-likeness (QED) is 0.279. The molecule has 0 aliphatic heterocycles. The Bertz CT molecular complexity index is 551. The summed E-state index contributed by atoms with van der Waals surface area (Å²) in [5, 5.41) is 21.5. The third kappa shape index (κ3) is 4.47. The van der Waals surface area contributed by atoms with Crippen molar-refractivity contribution in [1.82, 2.24) is 0 Å². The van der Waals surface area contributed by atoms with Crippen LogP contribution in [0.2, 0.25) is 0 Å². The first-order valence-corrected chi connectivity index (χ1v) is 5.17. The van der Waals surface area contributed by atoms with Crippen LogP contribution in [0.3, 0.4) is 0 Å². The fourth-order valence-electron chi connectivity index (χ4n) is 1.28. The first-order valence-electron chi connectivity index (χ1n) is 5.17. The summed E-state index contributed by atoms with van der Waals surface area (Å²) in [6.45, 7) is 0.263. The van der Waals surface area contributed by atoms with Gasteiger partial charge in [0.2, 0.25) is 0 Å². The second-order valence-electron chi connectivity index (χ2n) is 3.43. The van der Waals surface area contributed by atoms with E-state index in [-0.39, 0.29) is 18.7 Å². The van der Waals surface area contributed by atoms with Crippen LogP contribution in [0.4, 0.5) is 0 Å². The number of aromatic hydroxyl groups is 1. The molecule has 0 bridgehead atoms. The molecule has 1 aromatic carbocycles. The fraction of sp³-hybridized carbons (Fsp3) is 0.250. The lowest BCUT2D eigenvalue weighted by Crippen LogP contribution is -2.00. The highest BCUT2D eigenvalue weighted by Crippen LogP contribution is 2.17. The number of phenolic OH excluding ortho intramolecular Hbond substituents is 1. The summed E-state index contributed by atoms with van der Waals surface area (Å²) in [4.78, 5) is 13.1. The van der Waals surface area contributed by atoms with Crippen molar-refractivity contribution < 1.29 is 15.0 Å². The van der Waals surface area contributed by atoms with Crippen molar-refractivity contribution in [1.29, 1.82) is 0 Å². The van der Waals surface area contributed by atoms with Crippen molar-refractivity contribution in [3.63, 3.8) is 0 Å². The van der Waals surface area contributed by atoms with Gasteiger partial charge in [-0.1, -0.05) is 23.0 Å². The van der Waals surface area contributed by atoms with Crippen molar-refractivity contribution in [2.45, 2.75) is 12.8 Å². The van der Waals surface area contributed by atoms with E-state index >= 15 is 0 Å². The number of azide groups is 1. The standard InChI is InChI=1S/C12H11N3O3/c13-15-14-6-2-1-3-10-7-9(8-12(17)18)4-5-11(10)16/h4-5,7,16H,2,6,8H2,(H,17,18). The van der Waals surface area contributed by atoms with E-state index < -0.39 is 5.97 Å². The zero-order chi connectivity index (χ0) is 13.4. The van der Waals surface area contributed by atoms with Crippen molar-refractivity contribution in [2.75, 3.05) is 6.54 Å². The minimum Gasteiger partial charge on any atom is -0.507 e. The normalized spacial score (nSPS) is 8.89. The number of carbonyl (C=O) groups is 1. The van der Waals surface area contributed by atoms with Crippen LogP contribution < -0.4 is 0 Å². The highest BCUT2D eigenvalue weighted by molar-refractivity contribution is 5.70. The monoisotopic (exact) mass is 245 g/mol. The van der Waals surface area contributed by atoms with Gasteiger partial charge in [-0.3, -0.25) is 4.79 Å². The lowest BCUT2D eigenvalue weighted by atomic mass is 10.1. The van der Waals surface area contributed by atoms with E-state index in [2.05, 4.69) is 21.9 Å². The molecule has 6 heteroatoms. The minimum atomic E-state index is -0.942. The van der Waals surface area contributed by atoms with Gasteiger partial charge in [0.1, 0.15) is 5.75 Å². The Morgan fingerprint density at radius 1 is 1.50 bits per heavy atom. The lowest BCUT2D eigenvalue weighted by Gasteiger charge is -2.00. The zero-order valence-corrected chi connectivity index (χ0v) is 9.50. The largest absolute Gasteiger partial charge is 0.507 e. The first-order chi connectivity index (χ1) is 8.63. The highest BCUT2D eigenvalue weighted by atomic mass is 16.4. The van der Waals surface area contributed by atoms with Gasteiger partial charge in [0.05, 0.1) is 12.0 Å². The Kier molecular flexibility index (Phi) is 5.10. The maximum absolute atomic E-state index is 10.6. The minimum absolute atomic E-state index is 0.000392. The molecule has 2 N–H and O–H groups in total. The number of hydrogen-bond acceptors (Lipinski definition) is 3. The predicted octanol–water partition coefficient (Wildman–Crippen LogP) is 2.07. The summed E-state index contributed by atoms with van der Waals surface area (Å²) >= 11 is 0. The second-order valence-corrected chi connectivity index (χ2v) is 3.43. The lowest BCUT2D eigenvalue weighted by molar-refractivity contribution is -0.136. The van der Waals surface area contributed by atoms with Crippen LogP contribution in [0.25, 0.3) is 10.4 Å². The van der Waals surface area contributed by atoms with Gasteiger partial charge in [0, 0.05) is 17.9 Å². The van der Waals surface area contributed by atoms with Gasteiger partial charge in [0.15, 0.2) is 0 Å². The maximum atomic E-state index is 10.6. The SMILES string of the molecule is [N-]=[N+]=NCCC#Cc1cc(CC(=O)O)ccc1O. The molecule has 0 spiro atoms. The van der Waals surface area contributed by atoms with Crippen LogP contribution in [0.15, 0.2) is 23.3 Å². The number of nitrogens with zero attached hydrogens (tertiary/aromatic N) is 3. The van der Waals surface area contributed by atoms with Crippen LogP contribution in [0, 0.1) is 11.8 Å². The van der Waals surface area contributed by atoms with E-state index in [1.165, 1.54) is 18.2 Å². The Morgan fingerprint density at radius 2 is 2.28 bits per heavy atom. The van der Waals surface area contributed by atoms with Crippen molar-refractivity contribution in [3.05, 3.63) is 39.8 Å². The molecule has 0 saturated heterocycles. The van der Waals surface area contributed by atoms with Gasteiger partial charge in [-0.25, -0.2) is 0 Å². The summed E-state index contributed by atoms with van der Waals surface area (Å²) in [6.07, 6.45) is 0.264. The molecule has 6 nitrogen and oxygen atoms in total. The highest BCUT2D eigenvalue weighted by Gasteiger charge is 2.03. The van der Waals surface area contributed by atoms with Gasteiger partial charge < -0.3 is 10.2 Å². The molecule has 0 saturated carbocycles. The third-order valence-corrected chi connectivity index (χ3v) is 2.04. The summed E-state index contributed by atoms with van der Waals surface area (Å²) in [7, 11) is 0. The van der Waals surface area contributed by atoms with E-state index in [1.807, 2.05) is 0 Å². The van der Waals surface area contributed by atoms with Gasteiger partial charge in [-0.2, -0.15) is 0 Å². The van der Waals surface area contributed by atoms with E-state index in [4.69, 9.17) is 10.6 Å². The van der Waals surface area contributed by atoms with Crippen LogP contribution in [0.1, 0.15) is 17.5 Å². The topological polar surface area (TPSA) is 106 Å². The number of phenols is 1. The van der Waals surface area contributed by atoms with Crippen LogP contribution in [-0.2, 0) is 11.2 Å². The summed E-state index contributed by atoms with van der Waals surface area (Å²) in [6, 6.07) is 4.48. The summed E-state index contributed by atoms with van der Waals surface area (Å²) < 4.78 is 0. The van der Waals surface area contributed by atoms with E-state index in [0.29, 0.717) is 17.5 Å². The maximum Gasteiger partial charge on any atom is 0.307 e. The molecular formula is C12H11N3O3. The smallest absolute Gasteiger partial charge is 0.307 e. The third-order valence-electron chi connectivity index (χ3n) is 2.04. The first kappa shape index (κ1) is 13.4. The van der Waals surface area contributed by atoms with Crippen molar-refractivity contribution in [2.24, 2.45) is 5.11 Å². The molecule has 0 unspecified atom stereocenters. The fourth-order valence-corrected chi connectivity index (χ4v) is 1.28. The van der Waals surface area contributed by atoms with Gasteiger partial charge >= 0.3 is 5.97 Å². The second kappa shape index (κ2) is 6.84. The number of carboxylic acids is 1. The number of carboxylic acid groups (broad SMARTS) is 1. The predicted molar refractivity (Wildman–Crippen MR) is 65.0 cm³/mol. The number of aliphatic carboxylic acids is 1. The zero-order valence-electron chi connectivity index (χ0n) is 9.50. The molecule has 18 heavy (non-hydrogen) atoms. The van der Waals surface area contributed by atoms with Crippen molar-refractivity contribution in [3.8, 4) is 17.6 Å². The molecule has 92 valence electrons. The molecule has 1 aromatic rings. The molecule has 0 atom stereocenters. The average Bonchev–Trinajstić information content (AvgIpc) is 2.32. The van der Waals surface area contributed by atoms with Gasteiger partial charge in [-0.15, -0.1) is 0 Å². The van der Waals surface area contributed by atoms with E-state index in [0.717, 1.165) is 0 Å². The molecule has 0 radical (unpaired) electrons. The Hall–Kier alpha value is -2.64. The van der Waals surface area contributed by atoms with Crippen LogP contribution in [0.5, 0.6) is 5.75 Å². The molecular weight excluding hydrogens is 234 g/mol. The van der Waals surface area contributed by atoms with Crippen LogP contribution >= 0.6 is 0 Å². The molecule has 0 aliphatic rings. The number of benzene rings is 1. The molecule has 1 rings (SSSR count). The van der Waals surface area contributed by atoms with E-state index in [1.54, 1.807) is 0 Å². The summed E-state index contributed by atoms with van der Waals surface area (Å²) in [5.74, 6) is 4.50. The van der Waals surface area contributed by atoms with Gasteiger partial charge in [0.25, 0.3) is 0 Å². The van der Waals surface area contributed by atoms with Crippen molar-refractivity contribution >= 4 is 5.97 Å². The average molecular weight is 245 g/mol.